The van der Waals surface area contributed by atoms with Crippen molar-refractivity contribution in [2.45, 2.75) is 19.2 Å². The minimum Gasteiger partial charge on any atom is -0.389 e. The molecule has 0 saturated carbocycles. The van der Waals surface area contributed by atoms with Crippen molar-refractivity contribution >= 4 is 5.78 Å². The van der Waals surface area contributed by atoms with Crippen molar-refractivity contribution in [3.63, 3.8) is 0 Å². The molecule has 0 amide bonds. The predicted molar refractivity (Wildman–Crippen MR) is 56.6 cm³/mol. The van der Waals surface area contributed by atoms with Crippen LogP contribution >= 0.6 is 0 Å². The molecule has 0 bridgehead atoms. The Hall–Kier alpha value is -1.62. The van der Waals surface area contributed by atoms with Crippen LogP contribution in [0.2, 0.25) is 0 Å². The van der Waals surface area contributed by atoms with Gasteiger partial charge in [0.05, 0.1) is 11.7 Å². The smallest absolute Gasteiger partial charge is 0.389 e. The predicted octanol–water partition coefficient (Wildman–Crippen LogP) is 2.83. The molecule has 1 unspecified atom stereocenters. The van der Waals surface area contributed by atoms with E-state index in [0.29, 0.717) is 0 Å². The molecular formula is C12H11F3O2. The number of carbonyl (C=O) groups is 1. The standard InChI is InChI=1S/C12H11F3O2/c1-8(16)2-7-11(17)9-3-5-10(6-4-9)12(13,14)15/h2-8,16H,1H3/b7-2-. The number of benzene rings is 1. The molecule has 1 aromatic carbocycles. The summed E-state index contributed by atoms with van der Waals surface area (Å²) in [6.07, 6.45) is -2.78. The first-order valence-electron chi connectivity index (χ1n) is 4.88. The molecule has 5 heteroatoms. The van der Waals surface area contributed by atoms with Crippen LogP contribution in [0, 0.1) is 0 Å². The molecule has 1 rings (SSSR count). The van der Waals surface area contributed by atoms with Crippen LogP contribution < -0.4 is 0 Å². The summed E-state index contributed by atoms with van der Waals surface area (Å²) < 4.78 is 36.7. The molecule has 0 spiro atoms. The van der Waals surface area contributed by atoms with E-state index in [2.05, 4.69) is 0 Å². The normalized spacial score (nSPS) is 13.9. The Morgan fingerprint density at radius 2 is 1.82 bits per heavy atom. The Balaban J connectivity index is 2.85. The summed E-state index contributed by atoms with van der Waals surface area (Å²) in [5.74, 6) is -0.445. The third-order valence-corrected chi connectivity index (χ3v) is 2.02. The van der Waals surface area contributed by atoms with Gasteiger partial charge in [-0.1, -0.05) is 18.2 Å². The maximum atomic E-state index is 12.2. The number of allylic oxidation sites excluding steroid dienone is 1. The number of aliphatic hydroxyl groups excluding tert-OH is 1. The van der Waals surface area contributed by atoms with Crippen molar-refractivity contribution in [1.82, 2.24) is 0 Å². The van der Waals surface area contributed by atoms with E-state index >= 15 is 0 Å². The first kappa shape index (κ1) is 13.4. The minimum absolute atomic E-state index is 0.148. The van der Waals surface area contributed by atoms with Crippen LogP contribution in [0.5, 0.6) is 0 Å². The van der Waals surface area contributed by atoms with Gasteiger partial charge in [-0.3, -0.25) is 4.79 Å². The van der Waals surface area contributed by atoms with Gasteiger partial charge in [0.1, 0.15) is 0 Å². The quantitative estimate of drug-likeness (QED) is 0.655. The highest BCUT2D eigenvalue weighted by atomic mass is 19.4. The third-order valence-electron chi connectivity index (χ3n) is 2.02. The van der Waals surface area contributed by atoms with Gasteiger partial charge in [0.25, 0.3) is 0 Å². The lowest BCUT2D eigenvalue weighted by molar-refractivity contribution is -0.137. The number of carbonyl (C=O) groups excluding carboxylic acids is 1. The second kappa shape index (κ2) is 5.14. The van der Waals surface area contributed by atoms with Gasteiger partial charge in [-0.15, -0.1) is 0 Å². The van der Waals surface area contributed by atoms with E-state index in [0.717, 1.165) is 30.3 Å². The lowest BCUT2D eigenvalue weighted by Gasteiger charge is -2.06. The Bertz CT molecular complexity index is 416. The van der Waals surface area contributed by atoms with Crippen LogP contribution in [0.25, 0.3) is 0 Å². The summed E-state index contributed by atoms with van der Waals surface area (Å²) in [6, 6.07) is 3.92. The van der Waals surface area contributed by atoms with E-state index in [1.807, 2.05) is 0 Å². The maximum Gasteiger partial charge on any atom is 0.416 e. The van der Waals surface area contributed by atoms with Gasteiger partial charge in [-0.2, -0.15) is 13.2 Å². The molecule has 0 heterocycles. The topological polar surface area (TPSA) is 37.3 Å². The van der Waals surface area contributed by atoms with Crippen molar-refractivity contribution in [3.05, 3.63) is 47.5 Å². The zero-order valence-electron chi connectivity index (χ0n) is 9.03. The molecule has 1 aromatic rings. The molecular weight excluding hydrogens is 233 g/mol. The van der Waals surface area contributed by atoms with Gasteiger partial charge >= 0.3 is 6.18 Å². The van der Waals surface area contributed by atoms with Crippen LogP contribution in [0.3, 0.4) is 0 Å². The van der Waals surface area contributed by atoms with Crippen LogP contribution in [0.1, 0.15) is 22.8 Å². The second-order valence-electron chi connectivity index (χ2n) is 3.54. The Morgan fingerprint density at radius 1 is 1.29 bits per heavy atom. The highest BCUT2D eigenvalue weighted by Gasteiger charge is 2.30. The Morgan fingerprint density at radius 3 is 2.24 bits per heavy atom. The molecule has 0 fully saturated rings. The van der Waals surface area contributed by atoms with E-state index in [1.54, 1.807) is 0 Å². The molecule has 17 heavy (non-hydrogen) atoms. The van der Waals surface area contributed by atoms with Gasteiger partial charge in [-0.25, -0.2) is 0 Å². The summed E-state index contributed by atoms with van der Waals surface area (Å²) in [7, 11) is 0. The summed E-state index contributed by atoms with van der Waals surface area (Å²) >= 11 is 0. The van der Waals surface area contributed by atoms with Gasteiger partial charge in [-0.05, 0) is 25.1 Å². The van der Waals surface area contributed by atoms with Gasteiger partial charge in [0.2, 0.25) is 0 Å². The van der Waals surface area contributed by atoms with Crippen molar-refractivity contribution < 1.29 is 23.1 Å². The molecule has 0 aliphatic rings. The Labute approximate surface area is 96.4 Å². The summed E-state index contributed by atoms with van der Waals surface area (Å²) in [4.78, 5) is 11.4. The average molecular weight is 244 g/mol. The van der Waals surface area contributed by atoms with E-state index in [-0.39, 0.29) is 5.56 Å². The van der Waals surface area contributed by atoms with E-state index < -0.39 is 23.6 Å². The van der Waals surface area contributed by atoms with Gasteiger partial charge in [0.15, 0.2) is 5.78 Å². The first-order chi connectivity index (χ1) is 7.80. The highest BCUT2D eigenvalue weighted by Crippen LogP contribution is 2.29. The average Bonchev–Trinajstić information content (AvgIpc) is 2.25. The minimum atomic E-state index is -4.41. The lowest BCUT2D eigenvalue weighted by atomic mass is 10.1. The zero-order valence-corrected chi connectivity index (χ0v) is 9.03. The van der Waals surface area contributed by atoms with Crippen LogP contribution in [-0.4, -0.2) is 17.0 Å². The van der Waals surface area contributed by atoms with E-state index in [9.17, 15) is 18.0 Å². The van der Waals surface area contributed by atoms with E-state index in [1.165, 1.54) is 13.0 Å². The van der Waals surface area contributed by atoms with Crippen molar-refractivity contribution in [1.29, 1.82) is 0 Å². The largest absolute Gasteiger partial charge is 0.416 e. The number of halogens is 3. The molecule has 1 atom stereocenters. The molecule has 0 aromatic heterocycles. The van der Waals surface area contributed by atoms with Crippen molar-refractivity contribution in [2.75, 3.05) is 0 Å². The number of hydrogen-bond acceptors (Lipinski definition) is 2. The first-order valence-corrected chi connectivity index (χ1v) is 4.88. The summed E-state index contributed by atoms with van der Waals surface area (Å²) in [5, 5.41) is 8.91. The highest BCUT2D eigenvalue weighted by molar-refractivity contribution is 6.04. The maximum absolute atomic E-state index is 12.2. The summed E-state index contributed by atoms with van der Waals surface area (Å²) in [6.45, 7) is 1.47. The fourth-order valence-corrected chi connectivity index (χ4v) is 1.15. The summed E-state index contributed by atoms with van der Waals surface area (Å²) in [5.41, 5.74) is -0.650. The third kappa shape index (κ3) is 4.03. The fourth-order valence-electron chi connectivity index (χ4n) is 1.15. The molecule has 0 aliphatic carbocycles. The number of rotatable bonds is 3. The zero-order chi connectivity index (χ0) is 13.1. The van der Waals surface area contributed by atoms with Crippen molar-refractivity contribution in [2.24, 2.45) is 0 Å². The molecule has 1 N–H and O–H groups in total. The van der Waals surface area contributed by atoms with Crippen LogP contribution in [0.4, 0.5) is 13.2 Å². The number of hydrogen-bond donors (Lipinski definition) is 1. The van der Waals surface area contributed by atoms with Crippen molar-refractivity contribution in [3.8, 4) is 0 Å². The molecule has 2 nitrogen and oxygen atoms in total. The number of aliphatic hydroxyl groups is 1. The van der Waals surface area contributed by atoms with Gasteiger partial charge < -0.3 is 5.11 Å². The fraction of sp³-hybridized carbons (Fsp3) is 0.250. The van der Waals surface area contributed by atoms with Crippen LogP contribution in [-0.2, 0) is 6.18 Å². The number of alkyl halides is 3. The Kier molecular flexibility index (Phi) is 4.07. The number of ketones is 1. The van der Waals surface area contributed by atoms with Crippen LogP contribution in [0.15, 0.2) is 36.4 Å². The lowest BCUT2D eigenvalue weighted by Crippen LogP contribution is -2.05. The molecule has 0 saturated heterocycles. The molecule has 0 aliphatic heterocycles. The second-order valence-corrected chi connectivity index (χ2v) is 3.54. The van der Waals surface area contributed by atoms with E-state index in [4.69, 9.17) is 5.11 Å². The van der Waals surface area contributed by atoms with Gasteiger partial charge in [0, 0.05) is 5.56 Å². The SMILES string of the molecule is CC(O)/C=C\C(=O)c1ccc(C(F)(F)F)cc1. The monoisotopic (exact) mass is 244 g/mol. The molecule has 92 valence electrons. The molecule has 0 radical (unpaired) electrons.